The molecule has 0 bridgehead atoms. The van der Waals surface area contributed by atoms with Crippen LogP contribution in [0.2, 0.25) is 0 Å². The molecule has 0 aliphatic carbocycles. The highest BCUT2D eigenvalue weighted by Gasteiger charge is 2.20. The first-order valence-corrected chi connectivity index (χ1v) is 7.85. The minimum Gasteiger partial charge on any atom is -0.350 e. The molecule has 0 fully saturated rings. The summed E-state index contributed by atoms with van der Waals surface area (Å²) in [7, 11) is -3.84. The molecule has 0 aromatic heterocycles. The molecule has 0 heterocycles. The van der Waals surface area contributed by atoms with Crippen molar-refractivity contribution in [3.63, 3.8) is 0 Å². The first-order valence-electron chi connectivity index (χ1n) is 6.36. The molecule has 0 atom stereocenters. The number of benzene rings is 1. The van der Waals surface area contributed by atoms with Gasteiger partial charge >= 0.3 is 0 Å². The monoisotopic (exact) mass is 309 g/mol. The standard InChI is InChI=1S/C14H19N3O3S/c1-10-5-6-11(8-15)7-12(10)21(19,20)16-9-13(18)17-14(2,3)4/h5-7,16H,9H2,1-4H3,(H,17,18). The van der Waals surface area contributed by atoms with E-state index >= 15 is 0 Å². The summed E-state index contributed by atoms with van der Waals surface area (Å²) in [5, 5.41) is 11.5. The van der Waals surface area contributed by atoms with Crippen LogP contribution < -0.4 is 10.0 Å². The van der Waals surface area contributed by atoms with Crippen LogP contribution in [0.3, 0.4) is 0 Å². The molecular formula is C14H19N3O3S. The lowest BCUT2D eigenvalue weighted by molar-refractivity contribution is -0.121. The van der Waals surface area contributed by atoms with Gasteiger partial charge in [0.15, 0.2) is 0 Å². The zero-order valence-corrected chi connectivity index (χ0v) is 13.3. The summed E-state index contributed by atoms with van der Waals surface area (Å²) in [6.07, 6.45) is 0. The van der Waals surface area contributed by atoms with Crippen LogP contribution in [0.4, 0.5) is 0 Å². The number of nitrogens with one attached hydrogen (secondary N) is 2. The Morgan fingerprint density at radius 3 is 2.48 bits per heavy atom. The van der Waals surface area contributed by atoms with Crippen molar-refractivity contribution < 1.29 is 13.2 Å². The first kappa shape index (κ1) is 17.1. The van der Waals surface area contributed by atoms with Crippen molar-refractivity contribution in [3.05, 3.63) is 29.3 Å². The highest BCUT2D eigenvalue weighted by molar-refractivity contribution is 7.89. The number of nitriles is 1. The quantitative estimate of drug-likeness (QED) is 0.868. The Kier molecular flexibility index (Phi) is 5.10. The van der Waals surface area contributed by atoms with Gasteiger partial charge in [-0.05, 0) is 45.4 Å². The van der Waals surface area contributed by atoms with Gasteiger partial charge in [-0.1, -0.05) is 6.07 Å². The Balaban J connectivity index is 2.89. The second-order valence-electron chi connectivity index (χ2n) is 5.71. The summed E-state index contributed by atoms with van der Waals surface area (Å²) in [4.78, 5) is 11.7. The summed E-state index contributed by atoms with van der Waals surface area (Å²) >= 11 is 0. The number of aryl methyl sites for hydroxylation is 1. The Labute approximate surface area is 125 Å². The third-order valence-corrected chi connectivity index (χ3v) is 4.09. The molecule has 2 N–H and O–H groups in total. The van der Waals surface area contributed by atoms with E-state index in [0.29, 0.717) is 5.56 Å². The van der Waals surface area contributed by atoms with E-state index in [9.17, 15) is 13.2 Å². The largest absolute Gasteiger partial charge is 0.350 e. The number of carbonyl (C=O) groups excluding carboxylic acids is 1. The number of hydrogen-bond donors (Lipinski definition) is 2. The molecule has 0 saturated carbocycles. The number of amides is 1. The minimum absolute atomic E-state index is 0.00473. The van der Waals surface area contributed by atoms with Crippen LogP contribution in [0.5, 0.6) is 0 Å². The van der Waals surface area contributed by atoms with Crippen molar-refractivity contribution >= 4 is 15.9 Å². The van der Waals surface area contributed by atoms with Gasteiger partial charge in [0.1, 0.15) is 0 Å². The molecule has 1 aromatic carbocycles. The summed E-state index contributed by atoms with van der Waals surface area (Å²) in [5.41, 5.74) is 0.331. The molecule has 0 saturated heterocycles. The lowest BCUT2D eigenvalue weighted by atomic mass is 10.1. The normalized spacial score (nSPS) is 11.8. The van der Waals surface area contributed by atoms with Gasteiger partial charge < -0.3 is 5.32 Å². The smallest absolute Gasteiger partial charge is 0.241 e. The molecule has 1 rings (SSSR count). The zero-order chi connectivity index (χ0) is 16.3. The minimum atomic E-state index is -3.84. The maximum Gasteiger partial charge on any atom is 0.241 e. The third kappa shape index (κ3) is 5.17. The Hall–Kier alpha value is -1.91. The lowest BCUT2D eigenvalue weighted by Crippen LogP contribution is -2.45. The topological polar surface area (TPSA) is 99.1 Å². The van der Waals surface area contributed by atoms with Crippen LogP contribution in [0.25, 0.3) is 0 Å². The van der Waals surface area contributed by atoms with Gasteiger partial charge in [0.25, 0.3) is 0 Å². The van der Waals surface area contributed by atoms with Crippen molar-refractivity contribution in [1.82, 2.24) is 10.0 Å². The average molecular weight is 309 g/mol. The molecule has 7 heteroatoms. The number of rotatable bonds is 4. The number of nitrogens with zero attached hydrogens (tertiary/aromatic N) is 1. The van der Waals surface area contributed by atoms with Crippen molar-refractivity contribution in [2.24, 2.45) is 0 Å². The first-order chi connectivity index (χ1) is 9.55. The van der Waals surface area contributed by atoms with Gasteiger partial charge in [0.05, 0.1) is 23.1 Å². The molecule has 0 spiro atoms. The highest BCUT2D eigenvalue weighted by atomic mass is 32.2. The summed E-state index contributed by atoms with van der Waals surface area (Å²) in [5.74, 6) is -0.417. The molecule has 6 nitrogen and oxygen atoms in total. The van der Waals surface area contributed by atoms with Gasteiger partial charge in [-0.25, -0.2) is 13.1 Å². The Morgan fingerprint density at radius 2 is 1.95 bits per heavy atom. The van der Waals surface area contributed by atoms with Gasteiger partial charge in [0.2, 0.25) is 15.9 Å². The van der Waals surface area contributed by atoms with Crippen molar-refractivity contribution in [1.29, 1.82) is 5.26 Å². The Morgan fingerprint density at radius 1 is 1.33 bits per heavy atom. The van der Waals surface area contributed by atoms with Gasteiger partial charge in [0, 0.05) is 5.54 Å². The third-order valence-electron chi connectivity index (χ3n) is 2.54. The van der Waals surface area contributed by atoms with E-state index in [1.54, 1.807) is 39.8 Å². The maximum atomic E-state index is 12.2. The zero-order valence-electron chi connectivity index (χ0n) is 12.5. The predicted molar refractivity (Wildman–Crippen MR) is 79.0 cm³/mol. The average Bonchev–Trinajstić information content (AvgIpc) is 2.35. The van der Waals surface area contributed by atoms with Crippen molar-refractivity contribution in [2.45, 2.75) is 38.1 Å². The Bertz CT molecular complexity index is 682. The summed E-state index contributed by atoms with van der Waals surface area (Å²) < 4.78 is 26.6. The molecule has 1 aromatic rings. The second-order valence-corrected chi connectivity index (χ2v) is 7.45. The second kappa shape index (κ2) is 6.24. The van der Waals surface area contributed by atoms with Crippen LogP contribution in [0, 0.1) is 18.3 Å². The van der Waals surface area contributed by atoms with E-state index in [1.807, 2.05) is 6.07 Å². The van der Waals surface area contributed by atoms with E-state index in [4.69, 9.17) is 5.26 Å². The van der Waals surface area contributed by atoms with Crippen molar-refractivity contribution in [2.75, 3.05) is 6.54 Å². The lowest BCUT2D eigenvalue weighted by Gasteiger charge is -2.20. The fourth-order valence-corrected chi connectivity index (χ4v) is 2.91. The molecule has 21 heavy (non-hydrogen) atoms. The number of carbonyl (C=O) groups is 1. The van der Waals surface area contributed by atoms with Crippen molar-refractivity contribution in [3.8, 4) is 6.07 Å². The molecule has 114 valence electrons. The molecular weight excluding hydrogens is 290 g/mol. The maximum absolute atomic E-state index is 12.2. The summed E-state index contributed by atoms with van der Waals surface area (Å²) in [6.45, 7) is 6.70. The van der Waals surface area contributed by atoms with E-state index in [2.05, 4.69) is 10.0 Å². The fourth-order valence-electron chi connectivity index (χ4n) is 1.66. The molecule has 0 unspecified atom stereocenters. The van der Waals surface area contributed by atoms with Crippen LogP contribution in [0.1, 0.15) is 31.9 Å². The SMILES string of the molecule is Cc1ccc(C#N)cc1S(=O)(=O)NCC(=O)NC(C)(C)C. The number of sulfonamides is 1. The van der Waals surface area contributed by atoms with Gasteiger partial charge in [-0.2, -0.15) is 5.26 Å². The van der Waals surface area contributed by atoms with E-state index < -0.39 is 21.5 Å². The fraction of sp³-hybridized carbons (Fsp3) is 0.429. The van der Waals surface area contributed by atoms with Crippen LogP contribution in [-0.2, 0) is 14.8 Å². The van der Waals surface area contributed by atoms with Crippen LogP contribution >= 0.6 is 0 Å². The predicted octanol–water partition coefficient (Wildman–Crippen LogP) is 1.06. The molecule has 1 amide bonds. The molecule has 0 radical (unpaired) electrons. The van der Waals surface area contributed by atoms with Gasteiger partial charge in [-0.3, -0.25) is 4.79 Å². The van der Waals surface area contributed by atoms with E-state index in [0.717, 1.165) is 0 Å². The highest BCUT2D eigenvalue weighted by Crippen LogP contribution is 2.16. The van der Waals surface area contributed by atoms with Crippen LogP contribution in [-0.4, -0.2) is 26.4 Å². The number of hydrogen-bond acceptors (Lipinski definition) is 4. The van der Waals surface area contributed by atoms with Crippen LogP contribution in [0.15, 0.2) is 23.1 Å². The van der Waals surface area contributed by atoms with Gasteiger partial charge in [-0.15, -0.1) is 0 Å². The van der Waals surface area contributed by atoms with E-state index in [-0.39, 0.29) is 17.0 Å². The molecule has 0 aliphatic rings. The van der Waals surface area contributed by atoms with E-state index in [1.165, 1.54) is 6.07 Å². The molecule has 0 aliphatic heterocycles. The summed E-state index contributed by atoms with van der Waals surface area (Å²) in [6, 6.07) is 6.28.